The number of nitro groups is 1. The number of rotatable bonds is 7. The topological polar surface area (TPSA) is 93.8 Å². The molecule has 1 aliphatic carbocycles. The molecule has 0 aromatic heterocycles. The molecule has 1 amide bonds. The fourth-order valence-electron chi connectivity index (χ4n) is 3.02. The molecule has 134 valence electrons. The van der Waals surface area contributed by atoms with E-state index in [2.05, 4.69) is 10.5 Å². The number of hydrogen-bond donors (Lipinski definition) is 1. The largest absolute Gasteiger partial charge is 0.370 e. The Kier molecular flexibility index (Phi) is 5.09. The molecular formula is C19H19N3O4. The maximum absolute atomic E-state index is 12.4. The quantitative estimate of drug-likeness (QED) is 0.470. The van der Waals surface area contributed by atoms with E-state index in [0.29, 0.717) is 18.6 Å². The van der Waals surface area contributed by atoms with Gasteiger partial charge in [0, 0.05) is 18.7 Å². The van der Waals surface area contributed by atoms with Gasteiger partial charge in [0.05, 0.1) is 17.1 Å². The maximum Gasteiger partial charge on any atom is 0.269 e. The molecule has 0 radical (unpaired) electrons. The number of nitrogens with one attached hydrogen (secondary N) is 1. The van der Waals surface area contributed by atoms with Crippen LogP contribution in [0.25, 0.3) is 0 Å². The Balaban J connectivity index is 1.62. The third kappa shape index (κ3) is 3.62. The third-order valence-electron chi connectivity index (χ3n) is 4.38. The van der Waals surface area contributed by atoms with Gasteiger partial charge < -0.3 is 4.74 Å². The summed E-state index contributed by atoms with van der Waals surface area (Å²) in [6, 6.07) is 15.6. The predicted octanol–water partition coefficient (Wildman–Crippen LogP) is 3.00. The van der Waals surface area contributed by atoms with Crippen LogP contribution in [0.15, 0.2) is 59.7 Å². The van der Waals surface area contributed by atoms with Gasteiger partial charge in [-0.15, -0.1) is 0 Å². The van der Waals surface area contributed by atoms with E-state index in [1.54, 1.807) is 12.1 Å². The van der Waals surface area contributed by atoms with E-state index in [1.807, 2.05) is 37.3 Å². The van der Waals surface area contributed by atoms with Gasteiger partial charge in [0.2, 0.25) is 5.91 Å². The standard InChI is InChI=1S/C19H19N3O4/c1-2-26-19(15-6-4-3-5-7-15)12-17(19)18(23)21-20-13-14-8-10-16(11-9-14)22(24)25/h3-11,13,17H,2,12H2,1H3,(H,21,23)/b20-13-/t17-,19+/m1/s1. The fourth-order valence-corrected chi connectivity index (χ4v) is 3.02. The van der Waals surface area contributed by atoms with Crippen molar-refractivity contribution in [2.75, 3.05) is 6.61 Å². The van der Waals surface area contributed by atoms with E-state index in [-0.39, 0.29) is 17.5 Å². The summed E-state index contributed by atoms with van der Waals surface area (Å²) in [5, 5.41) is 14.6. The van der Waals surface area contributed by atoms with E-state index in [4.69, 9.17) is 4.74 Å². The molecule has 7 heteroatoms. The minimum Gasteiger partial charge on any atom is -0.370 e. The van der Waals surface area contributed by atoms with Crippen LogP contribution >= 0.6 is 0 Å². The van der Waals surface area contributed by atoms with Crippen LogP contribution < -0.4 is 5.43 Å². The van der Waals surface area contributed by atoms with Gasteiger partial charge >= 0.3 is 0 Å². The number of carbonyl (C=O) groups is 1. The Bertz CT molecular complexity index is 820. The molecule has 1 saturated carbocycles. The lowest BCUT2D eigenvalue weighted by Gasteiger charge is -2.17. The molecule has 1 N–H and O–H groups in total. The van der Waals surface area contributed by atoms with Crippen LogP contribution in [0.5, 0.6) is 0 Å². The molecule has 0 spiro atoms. The number of benzene rings is 2. The van der Waals surface area contributed by atoms with Crippen molar-refractivity contribution in [1.29, 1.82) is 0 Å². The molecule has 0 unspecified atom stereocenters. The zero-order valence-corrected chi connectivity index (χ0v) is 14.3. The van der Waals surface area contributed by atoms with Crippen LogP contribution in [0.3, 0.4) is 0 Å². The van der Waals surface area contributed by atoms with Gasteiger partial charge in [-0.05, 0) is 36.6 Å². The van der Waals surface area contributed by atoms with Crippen molar-refractivity contribution in [3.05, 3.63) is 75.8 Å². The number of nitrogens with zero attached hydrogens (tertiary/aromatic N) is 2. The van der Waals surface area contributed by atoms with Crippen molar-refractivity contribution >= 4 is 17.8 Å². The number of amides is 1. The highest BCUT2D eigenvalue weighted by molar-refractivity contribution is 5.86. The molecular weight excluding hydrogens is 334 g/mol. The number of hydrogen-bond acceptors (Lipinski definition) is 5. The normalized spacial score (nSPS) is 21.5. The smallest absolute Gasteiger partial charge is 0.269 e. The SMILES string of the molecule is CCO[C@]1(c2ccccc2)C[C@@H]1C(=O)N/N=C\c1ccc([N+](=O)[O-])cc1. The molecule has 1 aliphatic rings. The summed E-state index contributed by atoms with van der Waals surface area (Å²) in [5.41, 5.74) is 3.60. The Morgan fingerprint density at radius 3 is 2.62 bits per heavy atom. The molecule has 0 aliphatic heterocycles. The second-order valence-corrected chi connectivity index (χ2v) is 6.03. The number of ether oxygens (including phenoxy) is 1. The molecule has 0 heterocycles. The van der Waals surface area contributed by atoms with Crippen molar-refractivity contribution in [3.63, 3.8) is 0 Å². The summed E-state index contributed by atoms with van der Waals surface area (Å²) in [5.74, 6) is -0.501. The van der Waals surface area contributed by atoms with E-state index >= 15 is 0 Å². The number of nitro benzene ring substituents is 1. The summed E-state index contributed by atoms with van der Waals surface area (Å²) in [6.45, 7) is 2.43. The summed E-state index contributed by atoms with van der Waals surface area (Å²) in [4.78, 5) is 22.6. The van der Waals surface area contributed by atoms with Gasteiger partial charge in [-0.25, -0.2) is 5.43 Å². The van der Waals surface area contributed by atoms with E-state index in [1.165, 1.54) is 18.3 Å². The molecule has 3 rings (SSSR count). The molecule has 2 aromatic rings. The van der Waals surface area contributed by atoms with Gasteiger partial charge in [-0.2, -0.15) is 5.10 Å². The first-order valence-corrected chi connectivity index (χ1v) is 8.33. The first-order valence-electron chi connectivity index (χ1n) is 8.33. The zero-order valence-electron chi connectivity index (χ0n) is 14.3. The third-order valence-corrected chi connectivity index (χ3v) is 4.38. The van der Waals surface area contributed by atoms with Crippen molar-refractivity contribution in [3.8, 4) is 0 Å². The zero-order chi connectivity index (χ0) is 18.6. The second kappa shape index (κ2) is 7.45. The summed E-state index contributed by atoms with van der Waals surface area (Å²) >= 11 is 0. The Morgan fingerprint density at radius 2 is 2.00 bits per heavy atom. The Labute approximate surface area is 150 Å². The lowest BCUT2D eigenvalue weighted by atomic mass is 10.1. The summed E-state index contributed by atoms with van der Waals surface area (Å²) < 4.78 is 5.88. The van der Waals surface area contributed by atoms with Crippen LogP contribution in [-0.2, 0) is 15.1 Å². The first kappa shape index (κ1) is 17.8. The average molecular weight is 353 g/mol. The summed E-state index contributed by atoms with van der Waals surface area (Å²) in [6.07, 6.45) is 2.07. The molecule has 7 nitrogen and oxygen atoms in total. The van der Waals surface area contributed by atoms with Crippen LogP contribution in [0.2, 0.25) is 0 Å². The summed E-state index contributed by atoms with van der Waals surface area (Å²) in [7, 11) is 0. The molecule has 0 bridgehead atoms. The predicted molar refractivity (Wildman–Crippen MR) is 96.7 cm³/mol. The Hall–Kier alpha value is -3.06. The van der Waals surface area contributed by atoms with Crippen molar-refractivity contribution < 1.29 is 14.5 Å². The van der Waals surface area contributed by atoms with Gasteiger partial charge in [-0.3, -0.25) is 14.9 Å². The highest BCUT2D eigenvalue weighted by Crippen LogP contribution is 2.55. The van der Waals surface area contributed by atoms with Gasteiger partial charge in [0.25, 0.3) is 5.69 Å². The van der Waals surface area contributed by atoms with Crippen LogP contribution in [-0.4, -0.2) is 23.7 Å². The van der Waals surface area contributed by atoms with Gasteiger partial charge in [0.15, 0.2) is 0 Å². The number of hydrazone groups is 1. The highest BCUT2D eigenvalue weighted by Gasteiger charge is 2.60. The molecule has 2 aromatic carbocycles. The maximum atomic E-state index is 12.4. The molecule has 26 heavy (non-hydrogen) atoms. The van der Waals surface area contributed by atoms with E-state index in [0.717, 1.165) is 5.56 Å². The van der Waals surface area contributed by atoms with E-state index < -0.39 is 10.5 Å². The number of non-ortho nitro benzene ring substituents is 1. The average Bonchev–Trinajstić information content (AvgIpc) is 3.39. The van der Waals surface area contributed by atoms with Crippen LogP contribution in [0.4, 0.5) is 5.69 Å². The first-order chi connectivity index (χ1) is 12.6. The molecule has 1 fully saturated rings. The van der Waals surface area contributed by atoms with Crippen molar-refractivity contribution in [2.24, 2.45) is 11.0 Å². The van der Waals surface area contributed by atoms with Gasteiger partial charge in [0.1, 0.15) is 5.60 Å². The molecule has 0 saturated heterocycles. The highest BCUT2D eigenvalue weighted by atomic mass is 16.6. The van der Waals surface area contributed by atoms with E-state index in [9.17, 15) is 14.9 Å². The van der Waals surface area contributed by atoms with Crippen LogP contribution in [0.1, 0.15) is 24.5 Å². The lowest BCUT2D eigenvalue weighted by molar-refractivity contribution is -0.384. The minimum absolute atomic E-state index is 0.00789. The van der Waals surface area contributed by atoms with Crippen molar-refractivity contribution in [2.45, 2.75) is 18.9 Å². The second-order valence-electron chi connectivity index (χ2n) is 6.03. The monoisotopic (exact) mass is 353 g/mol. The fraction of sp³-hybridized carbons (Fsp3) is 0.263. The minimum atomic E-state index is -0.580. The Morgan fingerprint density at radius 1 is 1.31 bits per heavy atom. The molecule has 2 atom stereocenters. The number of carbonyl (C=O) groups excluding carboxylic acids is 1. The van der Waals surface area contributed by atoms with Crippen LogP contribution in [0, 0.1) is 16.0 Å². The van der Waals surface area contributed by atoms with Gasteiger partial charge in [-0.1, -0.05) is 30.3 Å². The lowest BCUT2D eigenvalue weighted by Crippen LogP contribution is -2.26. The van der Waals surface area contributed by atoms with Crippen molar-refractivity contribution in [1.82, 2.24) is 5.43 Å².